The van der Waals surface area contributed by atoms with Crippen molar-refractivity contribution in [3.05, 3.63) is 53.5 Å². The number of benzene rings is 1. The first-order chi connectivity index (χ1) is 17.1. The van der Waals surface area contributed by atoms with Crippen LogP contribution in [0.2, 0.25) is 0 Å². The van der Waals surface area contributed by atoms with Crippen molar-refractivity contribution in [1.29, 1.82) is 0 Å². The maximum absolute atomic E-state index is 13.7. The van der Waals surface area contributed by atoms with Crippen LogP contribution >= 0.6 is 0 Å². The number of amides is 1. The van der Waals surface area contributed by atoms with Crippen LogP contribution in [-0.4, -0.2) is 72.5 Å². The highest BCUT2D eigenvalue weighted by molar-refractivity contribution is 7.89. The zero-order valence-corrected chi connectivity index (χ0v) is 21.3. The van der Waals surface area contributed by atoms with Gasteiger partial charge in [-0.05, 0) is 44.0 Å². The largest absolute Gasteiger partial charge is 0.472 e. The van der Waals surface area contributed by atoms with Gasteiger partial charge in [0.1, 0.15) is 17.5 Å². The molecule has 1 fully saturated rings. The lowest BCUT2D eigenvalue weighted by atomic mass is 10.0. The Morgan fingerprint density at radius 3 is 2.75 bits per heavy atom. The number of fused-ring (bicyclic) bond motifs is 1. The summed E-state index contributed by atoms with van der Waals surface area (Å²) in [4.78, 5) is 19.2. The molecule has 2 heterocycles. The number of pyridine rings is 1. The van der Waals surface area contributed by atoms with Crippen molar-refractivity contribution in [3.8, 4) is 17.7 Å². The smallest absolute Gasteiger partial charge is 0.259 e. The van der Waals surface area contributed by atoms with Crippen LogP contribution in [0.5, 0.6) is 5.88 Å². The minimum Gasteiger partial charge on any atom is -0.472 e. The van der Waals surface area contributed by atoms with Gasteiger partial charge in [-0.3, -0.25) is 4.79 Å². The highest BCUT2D eigenvalue weighted by atomic mass is 32.2. The molecule has 8 nitrogen and oxygen atoms in total. The van der Waals surface area contributed by atoms with E-state index in [1.165, 1.54) is 31.4 Å². The molecule has 1 aliphatic carbocycles. The molecule has 3 atom stereocenters. The number of aliphatic hydroxyl groups is 1. The maximum atomic E-state index is 13.7. The van der Waals surface area contributed by atoms with E-state index < -0.39 is 28.0 Å². The molecule has 1 amide bonds. The summed E-state index contributed by atoms with van der Waals surface area (Å²) in [7, 11) is -2.59. The van der Waals surface area contributed by atoms with Gasteiger partial charge in [-0.15, -0.1) is 0 Å². The van der Waals surface area contributed by atoms with Gasteiger partial charge in [0.2, 0.25) is 15.9 Å². The average molecular weight is 516 g/mol. The van der Waals surface area contributed by atoms with Crippen LogP contribution in [0, 0.1) is 29.5 Å². The van der Waals surface area contributed by atoms with E-state index in [1.807, 2.05) is 6.92 Å². The minimum atomic E-state index is -3.99. The molecule has 1 saturated carbocycles. The van der Waals surface area contributed by atoms with Gasteiger partial charge in [-0.25, -0.2) is 17.8 Å². The normalized spacial score (nSPS) is 21.1. The molecular formula is C26H30FN3O5S. The number of carbonyl (C=O) groups is 1. The van der Waals surface area contributed by atoms with Gasteiger partial charge in [0.05, 0.1) is 24.1 Å². The number of likely N-dealkylation sites (N-methyl/N-ethyl adjacent to an activating group) is 1. The van der Waals surface area contributed by atoms with E-state index in [0.29, 0.717) is 11.5 Å². The number of aromatic nitrogens is 1. The van der Waals surface area contributed by atoms with E-state index in [2.05, 4.69) is 16.8 Å². The van der Waals surface area contributed by atoms with E-state index >= 15 is 0 Å². The summed E-state index contributed by atoms with van der Waals surface area (Å²) < 4.78 is 47.1. The highest BCUT2D eigenvalue weighted by Gasteiger charge is 2.36. The first-order valence-electron chi connectivity index (χ1n) is 11.9. The molecule has 0 spiro atoms. The molecule has 10 heteroatoms. The number of sulfonamides is 1. The molecule has 1 aliphatic heterocycles. The molecule has 0 radical (unpaired) electrons. The number of carbonyl (C=O) groups excluding carboxylic acids is 1. The molecule has 2 aliphatic rings. The summed E-state index contributed by atoms with van der Waals surface area (Å²) in [5.41, 5.74) is 0.801. The van der Waals surface area contributed by atoms with Gasteiger partial charge in [0, 0.05) is 37.2 Å². The number of aliphatic hydroxyl groups excluding tert-OH is 1. The van der Waals surface area contributed by atoms with E-state index in [9.17, 15) is 22.7 Å². The molecule has 0 unspecified atom stereocenters. The summed E-state index contributed by atoms with van der Waals surface area (Å²) in [6.07, 6.45) is 3.01. The van der Waals surface area contributed by atoms with Crippen molar-refractivity contribution in [3.63, 3.8) is 0 Å². The third-order valence-electron chi connectivity index (χ3n) is 6.46. The summed E-state index contributed by atoms with van der Waals surface area (Å²) in [6, 6.07) is 5.99. The third kappa shape index (κ3) is 5.69. The van der Waals surface area contributed by atoms with Gasteiger partial charge in [-0.1, -0.05) is 24.8 Å². The van der Waals surface area contributed by atoms with Crippen molar-refractivity contribution in [2.75, 3.05) is 26.7 Å². The maximum Gasteiger partial charge on any atom is 0.259 e. The van der Waals surface area contributed by atoms with Crippen molar-refractivity contribution in [1.82, 2.24) is 14.2 Å². The second kappa shape index (κ2) is 10.5. The predicted octanol–water partition coefficient (Wildman–Crippen LogP) is 2.52. The number of hydrogen-bond acceptors (Lipinski definition) is 6. The molecule has 4 rings (SSSR count). The van der Waals surface area contributed by atoms with Gasteiger partial charge in [0.15, 0.2) is 0 Å². The van der Waals surface area contributed by atoms with Gasteiger partial charge in [-0.2, -0.15) is 4.31 Å². The third-order valence-corrected chi connectivity index (χ3v) is 8.28. The summed E-state index contributed by atoms with van der Waals surface area (Å²) in [5.74, 6) is 5.39. The van der Waals surface area contributed by atoms with Gasteiger partial charge >= 0.3 is 0 Å². The fraction of sp³-hybridized carbons (Fsp3) is 0.462. The Hall–Kier alpha value is -3.00. The quantitative estimate of drug-likeness (QED) is 0.594. The summed E-state index contributed by atoms with van der Waals surface area (Å²) in [5, 5.41) is 9.79. The van der Waals surface area contributed by atoms with Crippen molar-refractivity contribution in [2.24, 2.45) is 11.8 Å². The van der Waals surface area contributed by atoms with Crippen LogP contribution in [0.1, 0.15) is 42.6 Å². The number of ether oxygens (including phenoxy) is 1. The van der Waals surface area contributed by atoms with Crippen LogP contribution in [0.3, 0.4) is 0 Å². The first-order valence-corrected chi connectivity index (χ1v) is 13.4. The molecule has 1 N–H and O–H groups in total. The number of halogens is 1. The molecule has 0 saturated heterocycles. The molecule has 36 heavy (non-hydrogen) atoms. The van der Waals surface area contributed by atoms with Crippen LogP contribution in [-0.2, 0) is 10.0 Å². The lowest BCUT2D eigenvalue weighted by Gasteiger charge is -2.37. The van der Waals surface area contributed by atoms with Crippen LogP contribution in [0.4, 0.5) is 4.39 Å². The van der Waals surface area contributed by atoms with E-state index in [-0.39, 0.29) is 47.9 Å². The number of nitrogens with zero attached hydrogens (tertiary/aromatic N) is 3. The van der Waals surface area contributed by atoms with Crippen molar-refractivity contribution >= 4 is 15.9 Å². The SMILES string of the molecule is C[C@H](CO)N1C[C@H](C)[C@H](CN(C)S(=O)(=O)c2cccc(F)c2)Oc2ncc(C#CC3CC3)cc2C1=O. The Balaban J connectivity index is 1.66. The molecule has 0 bridgehead atoms. The average Bonchev–Trinajstić information content (AvgIpc) is 3.69. The fourth-order valence-corrected chi connectivity index (χ4v) is 5.18. The van der Waals surface area contributed by atoms with E-state index in [4.69, 9.17) is 4.74 Å². The van der Waals surface area contributed by atoms with Crippen LogP contribution in [0.15, 0.2) is 41.4 Å². The van der Waals surface area contributed by atoms with Gasteiger partial charge < -0.3 is 14.7 Å². The molecule has 2 aromatic rings. The Morgan fingerprint density at radius 1 is 1.33 bits per heavy atom. The van der Waals surface area contributed by atoms with Crippen molar-refractivity contribution in [2.45, 2.75) is 43.7 Å². The Morgan fingerprint density at radius 2 is 2.08 bits per heavy atom. The van der Waals surface area contributed by atoms with Crippen LogP contribution < -0.4 is 4.74 Å². The first kappa shape index (κ1) is 26.1. The predicted molar refractivity (Wildman–Crippen MR) is 131 cm³/mol. The van der Waals surface area contributed by atoms with Crippen LogP contribution in [0.25, 0.3) is 0 Å². The molecular weight excluding hydrogens is 485 g/mol. The monoisotopic (exact) mass is 515 g/mol. The fourth-order valence-electron chi connectivity index (χ4n) is 3.96. The highest BCUT2D eigenvalue weighted by Crippen LogP contribution is 2.29. The Bertz CT molecular complexity index is 1300. The summed E-state index contributed by atoms with van der Waals surface area (Å²) in [6.45, 7) is 3.53. The second-order valence-electron chi connectivity index (χ2n) is 9.49. The zero-order valence-electron chi connectivity index (χ0n) is 20.5. The second-order valence-corrected chi connectivity index (χ2v) is 11.5. The number of hydrogen-bond donors (Lipinski definition) is 1. The topological polar surface area (TPSA) is 100 Å². The number of rotatable bonds is 6. The van der Waals surface area contributed by atoms with Crippen molar-refractivity contribution < 1.29 is 27.4 Å². The summed E-state index contributed by atoms with van der Waals surface area (Å²) >= 11 is 0. The van der Waals surface area contributed by atoms with E-state index in [1.54, 1.807) is 17.9 Å². The Kier molecular flexibility index (Phi) is 7.64. The molecule has 1 aromatic carbocycles. The lowest BCUT2D eigenvalue weighted by Crippen LogP contribution is -2.50. The minimum absolute atomic E-state index is 0.0556. The lowest BCUT2D eigenvalue weighted by molar-refractivity contribution is 0.0373. The molecule has 1 aromatic heterocycles. The molecule has 192 valence electrons. The standard InChI is InChI=1S/C26H30FN3O5S/c1-17-14-30(18(2)16-31)26(32)23-11-20(10-9-19-7-8-19)13-28-25(23)35-24(17)15-29(3)36(33,34)22-6-4-5-21(27)12-22/h4-6,11-13,17-19,24,31H,7-8,14-16H2,1-3H3/t17-,18+,24-/m0/s1. The van der Waals surface area contributed by atoms with E-state index in [0.717, 1.165) is 23.2 Å². The van der Waals surface area contributed by atoms with Gasteiger partial charge in [0.25, 0.3) is 5.91 Å². The Labute approximate surface area is 211 Å². The zero-order chi connectivity index (χ0) is 26.0.